The number of likely N-dealkylation sites (tertiary alicyclic amines) is 1. The van der Waals surface area contributed by atoms with E-state index in [4.69, 9.17) is 14.2 Å². The van der Waals surface area contributed by atoms with Crippen LogP contribution in [0.5, 0.6) is 17.4 Å². The van der Waals surface area contributed by atoms with E-state index in [2.05, 4.69) is 16.0 Å². The monoisotopic (exact) mass is 493 g/mol. The van der Waals surface area contributed by atoms with Crippen molar-refractivity contribution in [2.24, 2.45) is 7.05 Å². The number of pyridine rings is 1. The Bertz CT molecular complexity index is 1380. The Morgan fingerprint density at radius 1 is 0.972 bits per heavy atom. The molecule has 188 valence electrons. The van der Waals surface area contributed by atoms with Gasteiger partial charge in [-0.1, -0.05) is 6.07 Å². The van der Waals surface area contributed by atoms with Crippen LogP contribution >= 0.6 is 0 Å². The number of aryl methyl sites for hydroxylation is 1. The van der Waals surface area contributed by atoms with Gasteiger partial charge in [0.05, 0.1) is 13.2 Å². The predicted octanol–water partition coefficient (Wildman–Crippen LogP) is 5.93. The zero-order valence-corrected chi connectivity index (χ0v) is 20.6. The molecule has 8 heteroatoms. The van der Waals surface area contributed by atoms with Crippen LogP contribution in [0.3, 0.4) is 0 Å². The molecule has 2 aromatic heterocycles. The van der Waals surface area contributed by atoms with Gasteiger partial charge in [0.2, 0.25) is 5.88 Å². The Morgan fingerprint density at radius 3 is 2.47 bits per heavy atom. The molecule has 3 heterocycles. The van der Waals surface area contributed by atoms with Gasteiger partial charge < -0.3 is 18.8 Å². The normalized spacial score (nSPS) is 14.9. The van der Waals surface area contributed by atoms with Crippen molar-refractivity contribution in [2.75, 3.05) is 27.3 Å². The van der Waals surface area contributed by atoms with Crippen LogP contribution in [0.15, 0.2) is 54.9 Å². The van der Waals surface area contributed by atoms with E-state index in [9.17, 15) is 8.78 Å². The lowest BCUT2D eigenvalue weighted by atomic mass is 10.0. The number of piperidine rings is 1. The van der Waals surface area contributed by atoms with E-state index in [0.29, 0.717) is 17.7 Å². The molecule has 0 radical (unpaired) electrons. The van der Waals surface area contributed by atoms with Crippen LogP contribution in [0, 0.1) is 11.6 Å². The predicted molar refractivity (Wildman–Crippen MR) is 134 cm³/mol. The van der Waals surface area contributed by atoms with E-state index in [1.54, 1.807) is 20.4 Å². The van der Waals surface area contributed by atoms with Crippen LogP contribution in [0.2, 0.25) is 0 Å². The Morgan fingerprint density at radius 2 is 1.75 bits per heavy atom. The molecule has 0 bridgehead atoms. The number of nitrogens with zero attached hydrogens (tertiary/aromatic N) is 3. The first-order chi connectivity index (χ1) is 17.5. The largest absolute Gasteiger partial charge is 0.479 e. The Hall–Kier alpha value is -3.49. The molecule has 1 aliphatic rings. The van der Waals surface area contributed by atoms with Crippen LogP contribution < -0.4 is 9.47 Å². The van der Waals surface area contributed by atoms with Crippen molar-refractivity contribution in [3.8, 4) is 28.5 Å². The van der Waals surface area contributed by atoms with Crippen molar-refractivity contribution in [2.45, 2.75) is 25.5 Å². The van der Waals surface area contributed by atoms with Gasteiger partial charge in [-0.25, -0.2) is 13.8 Å². The van der Waals surface area contributed by atoms with Gasteiger partial charge in [0.1, 0.15) is 17.1 Å². The van der Waals surface area contributed by atoms with Crippen molar-refractivity contribution in [3.63, 3.8) is 0 Å². The SMILES string of the molecule is COc1nccc2c(-c3cc(CN4CCC(OC)CC4)ccc3Oc3ccc(F)cc3F)cn(C)c12. The van der Waals surface area contributed by atoms with Gasteiger partial charge in [-0.3, -0.25) is 4.90 Å². The van der Waals surface area contributed by atoms with E-state index in [0.717, 1.165) is 66.1 Å². The summed E-state index contributed by atoms with van der Waals surface area (Å²) >= 11 is 0. The highest BCUT2D eigenvalue weighted by Gasteiger charge is 2.21. The third-order valence-corrected chi connectivity index (χ3v) is 6.77. The molecule has 0 saturated carbocycles. The lowest BCUT2D eigenvalue weighted by Crippen LogP contribution is -2.36. The van der Waals surface area contributed by atoms with Crippen molar-refractivity contribution < 1.29 is 23.0 Å². The number of hydrogen-bond donors (Lipinski definition) is 0. The van der Waals surface area contributed by atoms with Crippen LogP contribution in [-0.4, -0.2) is 47.9 Å². The molecular weight excluding hydrogens is 464 g/mol. The first-order valence-corrected chi connectivity index (χ1v) is 12.0. The molecule has 0 amide bonds. The molecule has 0 unspecified atom stereocenters. The third-order valence-electron chi connectivity index (χ3n) is 6.77. The van der Waals surface area contributed by atoms with Gasteiger partial charge in [0.25, 0.3) is 0 Å². The molecular formula is C28H29F2N3O3. The summed E-state index contributed by atoms with van der Waals surface area (Å²) in [5.41, 5.74) is 3.68. The second-order valence-corrected chi connectivity index (χ2v) is 9.09. The average Bonchev–Trinajstić information content (AvgIpc) is 3.23. The Kier molecular flexibility index (Phi) is 6.89. The topological polar surface area (TPSA) is 48.8 Å². The van der Waals surface area contributed by atoms with Crippen LogP contribution in [0.1, 0.15) is 18.4 Å². The average molecular weight is 494 g/mol. The Balaban J connectivity index is 1.56. The highest BCUT2D eigenvalue weighted by Crippen LogP contribution is 2.41. The molecule has 0 N–H and O–H groups in total. The first-order valence-electron chi connectivity index (χ1n) is 12.0. The van der Waals surface area contributed by atoms with Gasteiger partial charge in [-0.2, -0.15) is 0 Å². The maximum atomic E-state index is 14.5. The minimum absolute atomic E-state index is 0.0356. The number of benzene rings is 2. The smallest absolute Gasteiger partial charge is 0.238 e. The molecule has 1 fully saturated rings. The van der Waals surface area contributed by atoms with E-state index < -0.39 is 11.6 Å². The van der Waals surface area contributed by atoms with Crippen molar-refractivity contribution in [1.29, 1.82) is 0 Å². The summed E-state index contributed by atoms with van der Waals surface area (Å²) in [6.07, 6.45) is 6.02. The molecule has 2 aromatic carbocycles. The lowest BCUT2D eigenvalue weighted by molar-refractivity contribution is 0.0389. The van der Waals surface area contributed by atoms with Gasteiger partial charge in [-0.05, 0) is 48.7 Å². The van der Waals surface area contributed by atoms with Crippen LogP contribution in [-0.2, 0) is 18.3 Å². The zero-order valence-electron chi connectivity index (χ0n) is 20.6. The summed E-state index contributed by atoms with van der Waals surface area (Å²) in [5.74, 6) is -0.446. The van der Waals surface area contributed by atoms with Crippen molar-refractivity contribution in [1.82, 2.24) is 14.5 Å². The summed E-state index contributed by atoms with van der Waals surface area (Å²) in [4.78, 5) is 6.74. The fourth-order valence-electron chi connectivity index (χ4n) is 4.90. The molecule has 1 saturated heterocycles. The molecule has 6 nitrogen and oxygen atoms in total. The molecule has 36 heavy (non-hydrogen) atoms. The number of methoxy groups -OCH3 is 2. The number of aromatic nitrogens is 2. The Labute approximate surface area is 209 Å². The summed E-state index contributed by atoms with van der Waals surface area (Å²) < 4.78 is 46.9. The highest BCUT2D eigenvalue weighted by molar-refractivity contribution is 5.99. The second-order valence-electron chi connectivity index (χ2n) is 9.09. The van der Waals surface area contributed by atoms with Crippen LogP contribution in [0.4, 0.5) is 8.78 Å². The molecule has 0 atom stereocenters. The zero-order chi connectivity index (χ0) is 25.2. The number of halogens is 2. The molecule has 0 aliphatic carbocycles. The minimum Gasteiger partial charge on any atom is -0.479 e. The van der Waals surface area contributed by atoms with Gasteiger partial charge in [0.15, 0.2) is 11.6 Å². The molecule has 4 aromatic rings. The number of hydrogen-bond acceptors (Lipinski definition) is 5. The summed E-state index contributed by atoms with van der Waals surface area (Å²) in [6.45, 7) is 2.71. The fourth-order valence-corrected chi connectivity index (χ4v) is 4.90. The maximum Gasteiger partial charge on any atom is 0.238 e. The van der Waals surface area contributed by atoms with E-state index >= 15 is 0 Å². The summed E-state index contributed by atoms with van der Waals surface area (Å²) in [5, 5.41) is 0.937. The van der Waals surface area contributed by atoms with Crippen molar-refractivity contribution >= 4 is 10.9 Å². The summed E-state index contributed by atoms with van der Waals surface area (Å²) in [7, 11) is 5.29. The first kappa shape index (κ1) is 24.2. The van der Waals surface area contributed by atoms with Gasteiger partial charge in [-0.15, -0.1) is 0 Å². The lowest BCUT2D eigenvalue weighted by Gasteiger charge is -2.31. The highest BCUT2D eigenvalue weighted by atomic mass is 19.1. The summed E-state index contributed by atoms with van der Waals surface area (Å²) in [6, 6.07) is 11.2. The van der Waals surface area contributed by atoms with Crippen molar-refractivity contribution in [3.05, 3.63) is 72.1 Å². The number of ether oxygens (including phenoxy) is 3. The van der Waals surface area contributed by atoms with Gasteiger partial charge in [0, 0.05) is 68.8 Å². The van der Waals surface area contributed by atoms with E-state index in [-0.39, 0.29) is 5.75 Å². The number of rotatable bonds is 7. The third kappa shape index (κ3) is 4.79. The fraction of sp³-hybridized carbons (Fsp3) is 0.321. The quantitative estimate of drug-likeness (QED) is 0.319. The maximum absolute atomic E-state index is 14.5. The van der Waals surface area contributed by atoms with Gasteiger partial charge >= 0.3 is 0 Å². The molecule has 1 aliphatic heterocycles. The minimum atomic E-state index is -0.755. The van der Waals surface area contributed by atoms with E-state index in [1.165, 1.54) is 12.1 Å². The molecule has 5 rings (SSSR count). The molecule has 0 spiro atoms. The number of fused-ring (bicyclic) bond motifs is 1. The van der Waals surface area contributed by atoms with E-state index in [1.807, 2.05) is 36.0 Å². The second kappa shape index (κ2) is 10.2. The van der Waals surface area contributed by atoms with Crippen LogP contribution in [0.25, 0.3) is 22.0 Å². The standard InChI is InChI=1S/C28H29F2N3O3/c1-32-17-23(21-8-11-31-28(35-3)27(21)32)22-14-18(16-33-12-9-20(34-2)10-13-33)4-6-25(22)36-26-7-5-19(29)15-24(26)30/h4-8,11,14-15,17,20H,9-10,12-13,16H2,1-3H3.